The van der Waals surface area contributed by atoms with E-state index in [4.69, 9.17) is 0 Å². The zero-order chi connectivity index (χ0) is 22.3. The lowest BCUT2D eigenvalue weighted by Gasteiger charge is -2.32. The first kappa shape index (κ1) is 23.3. The SMILES string of the molecule is CSc1ncccc1C(=O)N1CCC(CNC(=O)CCS(=O)(=O)c2ccccc2)CC1. The summed E-state index contributed by atoms with van der Waals surface area (Å²) in [5.74, 6) is -0.213. The van der Waals surface area contributed by atoms with Crippen LogP contribution >= 0.6 is 11.8 Å². The Morgan fingerprint density at radius 2 is 1.84 bits per heavy atom. The van der Waals surface area contributed by atoms with Gasteiger partial charge in [0.25, 0.3) is 5.91 Å². The number of piperidine rings is 1. The number of hydrogen-bond donors (Lipinski definition) is 1. The number of carbonyl (C=O) groups excluding carboxylic acids is 2. The number of rotatable bonds is 8. The van der Waals surface area contributed by atoms with Crippen LogP contribution in [0.4, 0.5) is 0 Å². The summed E-state index contributed by atoms with van der Waals surface area (Å²) in [4.78, 5) is 31.3. The fourth-order valence-electron chi connectivity index (χ4n) is 3.55. The highest BCUT2D eigenvalue weighted by atomic mass is 32.2. The van der Waals surface area contributed by atoms with Crippen molar-refractivity contribution in [1.82, 2.24) is 15.2 Å². The van der Waals surface area contributed by atoms with E-state index in [-0.39, 0.29) is 34.8 Å². The summed E-state index contributed by atoms with van der Waals surface area (Å²) in [5.41, 5.74) is 0.626. The van der Waals surface area contributed by atoms with E-state index < -0.39 is 9.84 Å². The molecule has 2 aromatic rings. The second-order valence-electron chi connectivity index (χ2n) is 7.48. The number of pyridine rings is 1. The molecule has 1 saturated heterocycles. The van der Waals surface area contributed by atoms with Crippen LogP contribution in [0.5, 0.6) is 0 Å². The van der Waals surface area contributed by atoms with Gasteiger partial charge in [-0.05, 0) is 49.3 Å². The lowest BCUT2D eigenvalue weighted by molar-refractivity contribution is -0.120. The van der Waals surface area contributed by atoms with Crippen LogP contribution in [-0.4, -0.2) is 61.8 Å². The van der Waals surface area contributed by atoms with Crippen molar-refractivity contribution < 1.29 is 18.0 Å². The maximum absolute atomic E-state index is 12.8. The largest absolute Gasteiger partial charge is 0.356 e. The van der Waals surface area contributed by atoms with Gasteiger partial charge in [0.15, 0.2) is 9.84 Å². The molecule has 0 unspecified atom stereocenters. The van der Waals surface area contributed by atoms with Gasteiger partial charge in [-0.2, -0.15) is 0 Å². The lowest BCUT2D eigenvalue weighted by Crippen LogP contribution is -2.41. The molecule has 0 aliphatic carbocycles. The van der Waals surface area contributed by atoms with Crippen molar-refractivity contribution in [2.75, 3.05) is 31.6 Å². The molecule has 0 saturated carbocycles. The van der Waals surface area contributed by atoms with Gasteiger partial charge in [-0.1, -0.05) is 18.2 Å². The number of hydrogen-bond acceptors (Lipinski definition) is 6. The normalized spacial score (nSPS) is 14.9. The molecule has 7 nitrogen and oxygen atoms in total. The van der Waals surface area contributed by atoms with Crippen LogP contribution in [0.1, 0.15) is 29.6 Å². The fraction of sp³-hybridized carbons (Fsp3) is 0.409. The van der Waals surface area contributed by atoms with Gasteiger partial charge in [-0.25, -0.2) is 13.4 Å². The fourth-order valence-corrected chi connectivity index (χ4v) is 5.35. The van der Waals surface area contributed by atoms with Crippen LogP contribution in [-0.2, 0) is 14.6 Å². The molecule has 1 aliphatic rings. The number of nitrogens with zero attached hydrogens (tertiary/aromatic N) is 2. The molecule has 1 fully saturated rings. The van der Waals surface area contributed by atoms with Gasteiger partial charge in [-0.15, -0.1) is 11.8 Å². The van der Waals surface area contributed by atoms with Gasteiger partial charge in [0, 0.05) is 32.3 Å². The molecule has 166 valence electrons. The quantitative estimate of drug-likeness (QED) is 0.607. The van der Waals surface area contributed by atoms with Crippen molar-refractivity contribution in [2.24, 2.45) is 5.92 Å². The summed E-state index contributed by atoms with van der Waals surface area (Å²) in [6.07, 6.45) is 5.11. The Morgan fingerprint density at radius 1 is 1.13 bits per heavy atom. The smallest absolute Gasteiger partial charge is 0.256 e. The molecule has 2 amide bonds. The van der Waals surface area contributed by atoms with E-state index in [0.29, 0.717) is 25.2 Å². The molecule has 1 aromatic carbocycles. The summed E-state index contributed by atoms with van der Waals surface area (Å²) < 4.78 is 24.6. The van der Waals surface area contributed by atoms with Crippen LogP contribution in [0, 0.1) is 5.92 Å². The monoisotopic (exact) mass is 461 g/mol. The van der Waals surface area contributed by atoms with E-state index in [2.05, 4.69) is 10.3 Å². The average molecular weight is 462 g/mol. The Hall–Kier alpha value is -2.39. The molecule has 1 N–H and O–H groups in total. The summed E-state index contributed by atoms with van der Waals surface area (Å²) in [5, 5.41) is 3.58. The second kappa shape index (κ2) is 10.8. The molecule has 0 bridgehead atoms. The van der Waals surface area contributed by atoms with E-state index in [1.54, 1.807) is 36.5 Å². The predicted molar refractivity (Wildman–Crippen MR) is 121 cm³/mol. The number of aromatic nitrogens is 1. The van der Waals surface area contributed by atoms with Gasteiger partial charge >= 0.3 is 0 Å². The summed E-state index contributed by atoms with van der Waals surface area (Å²) in [6, 6.07) is 11.7. The Kier molecular flexibility index (Phi) is 8.09. The van der Waals surface area contributed by atoms with Gasteiger partial charge < -0.3 is 10.2 Å². The number of thioether (sulfide) groups is 1. The molecule has 9 heteroatoms. The van der Waals surface area contributed by atoms with E-state index in [0.717, 1.165) is 17.9 Å². The molecule has 1 aromatic heterocycles. The van der Waals surface area contributed by atoms with Crippen molar-refractivity contribution in [3.8, 4) is 0 Å². The highest BCUT2D eigenvalue weighted by Crippen LogP contribution is 2.22. The maximum atomic E-state index is 12.8. The molecular formula is C22H27N3O4S2. The first-order valence-corrected chi connectivity index (χ1v) is 13.1. The Bertz CT molecular complexity index is 1000. The Labute approximate surface area is 187 Å². The van der Waals surface area contributed by atoms with Gasteiger partial charge in [0.1, 0.15) is 5.03 Å². The molecule has 2 heterocycles. The van der Waals surface area contributed by atoms with E-state index in [1.165, 1.54) is 23.9 Å². The lowest BCUT2D eigenvalue weighted by atomic mass is 9.96. The first-order chi connectivity index (χ1) is 14.9. The Balaban J connectivity index is 1.42. The van der Waals surface area contributed by atoms with Crippen LogP contribution in [0.25, 0.3) is 0 Å². The molecule has 0 atom stereocenters. The maximum Gasteiger partial charge on any atom is 0.256 e. The summed E-state index contributed by atoms with van der Waals surface area (Å²) in [6.45, 7) is 1.75. The molecule has 0 radical (unpaired) electrons. The topological polar surface area (TPSA) is 96.4 Å². The third kappa shape index (κ3) is 6.30. The third-order valence-electron chi connectivity index (χ3n) is 5.38. The number of sulfone groups is 1. The van der Waals surface area contributed by atoms with Gasteiger partial charge in [0.05, 0.1) is 16.2 Å². The van der Waals surface area contributed by atoms with E-state index in [9.17, 15) is 18.0 Å². The van der Waals surface area contributed by atoms with E-state index >= 15 is 0 Å². The average Bonchev–Trinajstić information content (AvgIpc) is 2.82. The van der Waals surface area contributed by atoms with Gasteiger partial charge in [0.2, 0.25) is 5.91 Å². The third-order valence-corrected chi connectivity index (χ3v) is 7.83. The number of carbonyl (C=O) groups is 2. The summed E-state index contributed by atoms with van der Waals surface area (Å²) >= 11 is 1.46. The second-order valence-corrected chi connectivity index (χ2v) is 10.4. The molecular weight excluding hydrogens is 434 g/mol. The van der Waals surface area contributed by atoms with Crippen molar-refractivity contribution in [3.63, 3.8) is 0 Å². The minimum atomic E-state index is -3.46. The predicted octanol–water partition coefficient (Wildman–Crippen LogP) is 2.64. The number of likely N-dealkylation sites (tertiary alicyclic amines) is 1. The molecule has 31 heavy (non-hydrogen) atoms. The number of amides is 2. The standard InChI is InChI=1S/C22H27N3O4S2/c1-30-21-19(8-5-12-23-21)22(27)25-13-9-17(10-14-25)16-24-20(26)11-15-31(28,29)18-6-3-2-4-7-18/h2-8,12,17H,9-11,13-16H2,1H3,(H,24,26). The van der Waals surface area contributed by atoms with E-state index in [1.807, 2.05) is 11.2 Å². The van der Waals surface area contributed by atoms with Crippen molar-refractivity contribution in [1.29, 1.82) is 0 Å². The zero-order valence-corrected chi connectivity index (χ0v) is 19.1. The first-order valence-electron chi connectivity index (χ1n) is 10.2. The minimum Gasteiger partial charge on any atom is -0.356 e. The van der Waals surface area contributed by atoms with Crippen molar-refractivity contribution in [2.45, 2.75) is 29.2 Å². The molecule has 3 rings (SSSR count). The number of benzene rings is 1. The highest BCUT2D eigenvalue weighted by Gasteiger charge is 2.25. The number of nitrogens with one attached hydrogen (secondary N) is 1. The van der Waals surface area contributed by atoms with Crippen LogP contribution in [0.2, 0.25) is 0 Å². The van der Waals surface area contributed by atoms with Crippen molar-refractivity contribution >= 4 is 33.4 Å². The van der Waals surface area contributed by atoms with Gasteiger partial charge in [-0.3, -0.25) is 9.59 Å². The van der Waals surface area contributed by atoms with Crippen molar-refractivity contribution in [3.05, 3.63) is 54.2 Å². The minimum absolute atomic E-state index is 0.00828. The molecule has 0 spiro atoms. The zero-order valence-electron chi connectivity index (χ0n) is 17.5. The summed E-state index contributed by atoms with van der Waals surface area (Å²) in [7, 11) is -3.46. The molecule has 1 aliphatic heterocycles. The van der Waals surface area contributed by atoms with Crippen LogP contribution < -0.4 is 5.32 Å². The van der Waals surface area contributed by atoms with Crippen LogP contribution in [0.15, 0.2) is 58.6 Å². The Morgan fingerprint density at radius 3 is 2.52 bits per heavy atom. The highest BCUT2D eigenvalue weighted by molar-refractivity contribution is 7.98. The van der Waals surface area contributed by atoms with Crippen LogP contribution in [0.3, 0.4) is 0 Å².